The van der Waals surface area contributed by atoms with Gasteiger partial charge in [0.2, 0.25) is 0 Å². The Bertz CT molecular complexity index is 857. The van der Waals surface area contributed by atoms with E-state index in [2.05, 4.69) is 9.47 Å². The van der Waals surface area contributed by atoms with E-state index in [0.29, 0.717) is 11.3 Å². The lowest BCUT2D eigenvalue weighted by Gasteiger charge is -2.12. The van der Waals surface area contributed by atoms with Crippen molar-refractivity contribution in [3.05, 3.63) is 65.7 Å². The number of hydrogen-bond donors (Lipinski definition) is 0. The first-order chi connectivity index (χ1) is 13.2. The molecule has 1 unspecified atom stereocenters. The number of para-hydroxylation sites is 1. The molecular weight excluding hydrogens is 377 g/mol. The first-order valence-electron chi connectivity index (χ1n) is 8.11. The molecule has 5 nitrogen and oxygen atoms in total. The van der Waals surface area contributed by atoms with Crippen LogP contribution >= 0.6 is 0 Å². The number of hydrogen-bond acceptors (Lipinski definition) is 5. The highest BCUT2D eigenvalue weighted by atomic mass is 19.4. The van der Waals surface area contributed by atoms with Gasteiger partial charge in [-0.3, -0.25) is 4.79 Å². The molecule has 0 fully saturated rings. The molecule has 0 aliphatic carbocycles. The summed E-state index contributed by atoms with van der Waals surface area (Å²) in [6.45, 7) is 1.52. The van der Waals surface area contributed by atoms with E-state index in [9.17, 15) is 22.8 Å². The van der Waals surface area contributed by atoms with Gasteiger partial charge in [0, 0.05) is 11.1 Å². The van der Waals surface area contributed by atoms with Crippen LogP contribution in [0.1, 0.15) is 22.8 Å². The van der Waals surface area contributed by atoms with Crippen LogP contribution in [0.4, 0.5) is 13.2 Å². The van der Waals surface area contributed by atoms with E-state index in [1.165, 1.54) is 62.6 Å². The van der Waals surface area contributed by atoms with Gasteiger partial charge < -0.3 is 14.2 Å². The molecule has 0 aliphatic rings. The zero-order valence-electron chi connectivity index (χ0n) is 15.0. The average molecular weight is 394 g/mol. The Morgan fingerprint density at radius 1 is 1.04 bits per heavy atom. The highest BCUT2D eigenvalue weighted by Gasteiger charge is 2.31. The fourth-order valence-corrected chi connectivity index (χ4v) is 2.21. The Hall–Kier alpha value is -3.29. The number of benzene rings is 2. The number of carbonyl (C=O) groups is 2. The molecule has 148 valence electrons. The standard InChI is InChI=1S/C20H17F3O5/c1-13(19(25)26-2)27-16-10-7-14(8-11-16)17(24)12-9-15-5-3-4-6-18(15)28-20(21,22)23/h3-13H,1-2H3/b12-9+. The Morgan fingerprint density at radius 2 is 1.68 bits per heavy atom. The second kappa shape index (κ2) is 9.07. The topological polar surface area (TPSA) is 61.8 Å². The molecule has 0 saturated heterocycles. The number of rotatable bonds is 7. The van der Waals surface area contributed by atoms with Gasteiger partial charge in [-0.15, -0.1) is 13.2 Å². The predicted molar refractivity (Wildman–Crippen MR) is 95.0 cm³/mol. The molecule has 2 aromatic rings. The fourth-order valence-electron chi connectivity index (χ4n) is 2.21. The van der Waals surface area contributed by atoms with Crippen LogP contribution in [0.5, 0.6) is 11.5 Å². The summed E-state index contributed by atoms with van der Waals surface area (Å²) >= 11 is 0. The van der Waals surface area contributed by atoms with Crippen LogP contribution in [0.3, 0.4) is 0 Å². The Labute approximate surface area is 159 Å². The van der Waals surface area contributed by atoms with Gasteiger partial charge in [-0.25, -0.2) is 4.79 Å². The second-order valence-corrected chi connectivity index (χ2v) is 5.59. The molecule has 0 spiro atoms. The van der Waals surface area contributed by atoms with Crippen molar-refractivity contribution in [1.82, 2.24) is 0 Å². The smallest absolute Gasteiger partial charge is 0.479 e. The van der Waals surface area contributed by atoms with Crippen molar-refractivity contribution in [3.63, 3.8) is 0 Å². The van der Waals surface area contributed by atoms with Gasteiger partial charge in [0.25, 0.3) is 0 Å². The molecule has 0 saturated carbocycles. The van der Waals surface area contributed by atoms with Crippen LogP contribution in [-0.4, -0.2) is 31.3 Å². The van der Waals surface area contributed by atoms with E-state index in [1.807, 2.05) is 0 Å². The lowest BCUT2D eigenvalue weighted by molar-refractivity contribution is -0.274. The number of ether oxygens (including phenoxy) is 3. The molecule has 2 aromatic carbocycles. The van der Waals surface area contributed by atoms with Crippen molar-refractivity contribution in [1.29, 1.82) is 0 Å². The minimum absolute atomic E-state index is 0.111. The zero-order chi connectivity index (χ0) is 20.7. The molecule has 0 aliphatic heterocycles. The Kier molecular flexibility index (Phi) is 6.81. The SMILES string of the molecule is COC(=O)C(C)Oc1ccc(C(=O)/C=C/c2ccccc2OC(F)(F)F)cc1. The molecule has 1 atom stereocenters. The molecule has 28 heavy (non-hydrogen) atoms. The van der Waals surface area contributed by atoms with Gasteiger partial charge >= 0.3 is 12.3 Å². The third kappa shape index (κ3) is 6.15. The van der Waals surface area contributed by atoms with Crippen molar-refractivity contribution >= 4 is 17.8 Å². The van der Waals surface area contributed by atoms with Gasteiger partial charge in [-0.2, -0.15) is 0 Å². The van der Waals surface area contributed by atoms with Crippen LogP contribution in [0.2, 0.25) is 0 Å². The van der Waals surface area contributed by atoms with Crippen molar-refractivity contribution in [3.8, 4) is 11.5 Å². The van der Waals surface area contributed by atoms with Gasteiger partial charge in [-0.1, -0.05) is 18.2 Å². The van der Waals surface area contributed by atoms with Crippen LogP contribution in [0, 0.1) is 0 Å². The summed E-state index contributed by atoms with van der Waals surface area (Å²) in [6, 6.07) is 11.4. The maximum absolute atomic E-state index is 12.4. The van der Waals surface area contributed by atoms with Gasteiger partial charge in [0.1, 0.15) is 11.5 Å². The van der Waals surface area contributed by atoms with Gasteiger partial charge in [-0.05, 0) is 49.4 Å². The van der Waals surface area contributed by atoms with Crippen molar-refractivity contribution in [2.24, 2.45) is 0 Å². The van der Waals surface area contributed by atoms with E-state index < -0.39 is 30.0 Å². The van der Waals surface area contributed by atoms with Crippen molar-refractivity contribution < 1.29 is 37.0 Å². The Balaban J connectivity index is 2.08. The number of alkyl halides is 3. The fraction of sp³-hybridized carbons (Fsp3) is 0.200. The molecule has 0 bridgehead atoms. The predicted octanol–water partition coefficient (Wildman–Crippen LogP) is 4.42. The van der Waals surface area contributed by atoms with Gasteiger partial charge in [0.05, 0.1) is 7.11 Å². The number of esters is 1. The van der Waals surface area contributed by atoms with E-state index in [0.717, 1.165) is 12.1 Å². The lowest BCUT2D eigenvalue weighted by Crippen LogP contribution is -2.24. The summed E-state index contributed by atoms with van der Waals surface area (Å²) in [7, 11) is 1.24. The van der Waals surface area contributed by atoms with E-state index >= 15 is 0 Å². The van der Waals surface area contributed by atoms with Gasteiger partial charge in [0.15, 0.2) is 11.9 Å². The minimum Gasteiger partial charge on any atom is -0.479 e. The maximum atomic E-state index is 12.4. The molecule has 0 amide bonds. The largest absolute Gasteiger partial charge is 0.573 e. The van der Waals surface area contributed by atoms with Crippen molar-refractivity contribution in [2.75, 3.05) is 7.11 Å². The third-order valence-corrected chi connectivity index (χ3v) is 3.54. The maximum Gasteiger partial charge on any atom is 0.573 e. The van der Waals surface area contributed by atoms with Crippen LogP contribution < -0.4 is 9.47 Å². The van der Waals surface area contributed by atoms with E-state index in [-0.39, 0.29) is 5.56 Å². The second-order valence-electron chi connectivity index (χ2n) is 5.59. The molecule has 0 N–H and O–H groups in total. The van der Waals surface area contributed by atoms with Crippen molar-refractivity contribution in [2.45, 2.75) is 19.4 Å². The quantitative estimate of drug-likeness (QED) is 0.395. The summed E-state index contributed by atoms with van der Waals surface area (Å²) in [5.41, 5.74) is 0.406. The lowest BCUT2D eigenvalue weighted by atomic mass is 10.1. The molecular formula is C20H17F3O5. The normalized spacial score (nSPS) is 12.5. The monoisotopic (exact) mass is 394 g/mol. The van der Waals surface area contributed by atoms with Crippen LogP contribution in [0.25, 0.3) is 6.08 Å². The summed E-state index contributed by atoms with van der Waals surface area (Å²) in [5, 5.41) is 0. The number of ketones is 1. The average Bonchev–Trinajstić information content (AvgIpc) is 2.65. The molecule has 8 heteroatoms. The number of carbonyl (C=O) groups excluding carboxylic acids is 2. The first-order valence-corrected chi connectivity index (χ1v) is 8.11. The summed E-state index contributed by atoms with van der Waals surface area (Å²) < 4.78 is 51.1. The molecule has 0 aromatic heterocycles. The third-order valence-electron chi connectivity index (χ3n) is 3.54. The summed E-state index contributed by atoms with van der Waals surface area (Å²) in [6.07, 6.45) is -3.25. The summed E-state index contributed by atoms with van der Waals surface area (Å²) in [4.78, 5) is 23.6. The number of methoxy groups -OCH3 is 1. The van der Waals surface area contributed by atoms with Crippen LogP contribution in [0.15, 0.2) is 54.6 Å². The minimum atomic E-state index is -4.83. The first kappa shape index (κ1) is 21.0. The number of halogens is 3. The molecule has 0 radical (unpaired) electrons. The highest BCUT2D eigenvalue weighted by molar-refractivity contribution is 6.07. The molecule has 2 rings (SSSR count). The van der Waals surface area contributed by atoms with E-state index in [4.69, 9.17) is 4.74 Å². The highest BCUT2D eigenvalue weighted by Crippen LogP contribution is 2.27. The number of allylic oxidation sites excluding steroid dienone is 1. The Morgan fingerprint density at radius 3 is 2.29 bits per heavy atom. The molecule has 0 heterocycles. The zero-order valence-corrected chi connectivity index (χ0v) is 15.0. The summed E-state index contributed by atoms with van der Waals surface area (Å²) in [5.74, 6) is -1.00. The van der Waals surface area contributed by atoms with Crippen LogP contribution in [-0.2, 0) is 9.53 Å². The van der Waals surface area contributed by atoms with E-state index in [1.54, 1.807) is 0 Å².